The Morgan fingerprint density at radius 3 is 1.55 bits per heavy atom. The van der Waals surface area contributed by atoms with Crippen molar-refractivity contribution in [3.05, 3.63) is 216 Å². The second-order valence-electron chi connectivity index (χ2n) is 14.6. The predicted molar refractivity (Wildman–Crippen MR) is 225 cm³/mol. The van der Waals surface area contributed by atoms with E-state index in [0.717, 1.165) is 51.1 Å². The van der Waals surface area contributed by atoms with Gasteiger partial charge in [0.1, 0.15) is 11.9 Å². The van der Waals surface area contributed by atoms with Crippen LogP contribution in [0.1, 0.15) is 23.1 Å². The van der Waals surface area contributed by atoms with Crippen molar-refractivity contribution in [2.24, 2.45) is 0 Å². The quantitative estimate of drug-likeness (QED) is 0.178. The summed E-state index contributed by atoms with van der Waals surface area (Å²) in [4.78, 5) is 15.0. The Hall–Kier alpha value is -7.17. The Labute approximate surface area is 326 Å². The third kappa shape index (κ3) is 5.03. The Morgan fingerprint density at radius 1 is 0.429 bits per heavy atom. The highest BCUT2D eigenvalue weighted by molar-refractivity contribution is 5.90. The molecule has 0 saturated heterocycles. The molecule has 0 bridgehead atoms. The fourth-order valence-corrected chi connectivity index (χ4v) is 9.07. The Kier molecular flexibility index (Phi) is 7.49. The molecule has 7 aromatic carbocycles. The fraction of sp³-hybridized carbons (Fsp3) is 0.0577. The van der Waals surface area contributed by atoms with E-state index in [-0.39, 0.29) is 6.10 Å². The van der Waals surface area contributed by atoms with Gasteiger partial charge in [0.2, 0.25) is 0 Å². The minimum absolute atomic E-state index is 0.0344. The van der Waals surface area contributed by atoms with Crippen LogP contribution >= 0.6 is 0 Å². The molecule has 8 aromatic rings. The van der Waals surface area contributed by atoms with E-state index in [0.29, 0.717) is 17.5 Å². The summed E-state index contributed by atoms with van der Waals surface area (Å²) in [6.45, 7) is 0. The maximum Gasteiger partial charge on any atom is 0.164 e. The number of nitrogens with zero attached hydrogens (tertiary/aromatic N) is 3. The predicted octanol–water partition coefficient (Wildman–Crippen LogP) is 12.2. The number of allylic oxidation sites excluding steroid dienone is 2. The van der Waals surface area contributed by atoms with Crippen LogP contribution in [0.3, 0.4) is 0 Å². The molecule has 0 amide bonds. The lowest BCUT2D eigenvalue weighted by Crippen LogP contribution is -2.42. The molecule has 0 fully saturated rings. The molecule has 1 aliphatic heterocycles. The average molecular weight is 718 g/mol. The third-order valence-corrected chi connectivity index (χ3v) is 11.5. The molecule has 2 heterocycles. The topological polar surface area (TPSA) is 47.9 Å². The van der Waals surface area contributed by atoms with Crippen molar-refractivity contribution in [3.63, 3.8) is 0 Å². The van der Waals surface area contributed by atoms with Crippen molar-refractivity contribution < 1.29 is 4.74 Å². The average Bonchev–Trinajstić information content (AvgIpc) is 3.57. The molecule has 0 N–H and O–H groups in total. The van der Waals surface area contributed by atoms with E-state index >= 15 is 0 Å². The summed E-state index contributed by atoms with van der Waals surface area (Å²) in [5.41, 5.74) is 14.5. The first-order valence-corrected chi connectivity index (χ1v) is 19.2. The second kappa shape index (κ2) is 13.0. The van der Waals surface area contributed by atoms with Gasteiger partial charge in [-0.3, -0.25) is 0 Å². The number of hydrogen-bond donors (Lipinski definition) is 0. The summed E-state index contributed by atoms with van der Waals surface area (Å²) in [5, 5.41) is 0. The molecule has 0 saturated carbocycles. The van der Waals surface area contributed by atoms with Crippen LogP contribution in [0, 0.1) is 0 Å². The maximum atomic E-state index is 6.87. The summed E-state index contributed by atoms with van der Waals surface area (Å²) in [7, 11) is 0. The van der Waals surface area contributed by atoms with Crippen molar-refractivity contribution in [2.75, 3.05) is 0 Å². The first-order chi connectivity index (χ1) is 27.8. The van der Waals surface area contributed by atoms with E-state index in [1.54, 1.807) is 0 Å². The highest BCUT2D eigenvalue weighted by atomic mass is 16.5. The van der Waals surface area contributed by atoms with Gasteiger partial charge in [-0.05, 0) is 68.3 Å². The molecule has 11 rings (SSSR count). The molecule has 4 heteroatoms. The number of benzene rings is 7. The molecule has 2 aliphatic carbocycles. The molecule has 1 spiro atoms. The van der Waals surface area contributed by atoms with Gasteiger partial charge in [0.05, 0.1) is 5.41 Å². The zero-order chi connectivity index (χ0) is 37.1. The number of rotatable bonds is 5. The van der Waals surface area contributed by atoms with Crippen LogP contribution < -0.4 is 4.74 Å². The van der Waals surface area contributed by atoms with E-state index in [2.05, 4.69) is 133 Å². The summed E-state index contributed by atoms with van der Waals surface area (Å²) in [6.07, 6.45) is 7.54. The molecule has 0 radical (unpaired) electrons. The highest BCUT2D eigenvalue weighted by Gasteiger charge is 2.53. The van der Waals surface area contributed by atoms with Crippen molar-refractivity contribution >= 4 is 0 Å². The van der Waals surface area contributed by atoms with Gasteiger partial charge in [0.25, 0.3) is 0 Å². The summed E-state index contributed by atoms with van der Waals surface area (Å²) >= 11 is 0. The van der Waals surface area contributed by atoms with Crippen LogP contribution in [-0.4, -0.2) is 21.1 Å². The molecule has 56 heavy (non-hydrogen) atoms. The molecule has 1 unspecified atom stereocenters. The van der Waals surface area contributed by atoms with E-state index < -0.39 is 5.41 Å². The zero-order valence-electron chi connectivity index (χ0n) is 30.5. The summed E-state index contributed by atoms with van der Waals surface area (Å²) in [6, 6.07) is 62.1. The molecule has 1 aromatic heterocycles. The molecule has 3 aliphatic rings. The van der Waals surface area contributed by atoms with Gasteiger partial charge in [-0.25, -0.2) is 15.0 Å². The van der Waals surface area contributed by atoms with Crippen LogP contribution in [0.4, 0.5) is 0 Å². The van der Waals surface area contributed by atoms with Crippen molar-refractivity contribution in [1.29, 1.82) is 0 Å². The van der Waals surface area contributed by atoms with E-state index in [1.807, 2.05) is 60.7 Å². The normalized spacial score (nSPS) is 15.6. The lowest BCUT2D eigenvalue weighted by molar-refractivity contribution is 0.205. The molecular weight excluding hydrogens is 683 g/mol. The minimum Gasteiger partial charge on any atom is -0.485 e. The Morgan fingerprint density at radius 2 is 0.929 bits per heavy atom. The largest absolute Gasteiger partial charge is 0.485 e. The van der Waals surface area contributed by atoms with Crippen LogP contribution in [0.25, 0.3) is 67.5 Å². The van der Waals surface area contributed by atoms with Gasteiger partial charge in [-0.15, -0.1) is 0 Å². The van der Waals surface area contributed by atoms with Gasteiger partial charge in [-0.1, -0.05) is 176 Å². The van der Waals surface area contributed by atoms with Crippen LogP contribution in [0.2, 0.25) is 0 Å². The number of hydrogen-bond acceptors (Lipinski definition) is 4. The van der Waals surface area contributed by atoms with E-state index in [9.17, 15) is 0 Å². The lowest BCUT2D eigenvalue weighted by atomic mass is 9.63. The standard InChI is InChI=1S/C52H35N3O/c1-3-16-34(17-4-1)49-53-50(35-18-5-2-6-19-35)55-51(54-49)38-21-15-20-36(32-38)39-22-7-8-23-40(39)37-30-31-48-46(33-37)52(45-28-13-14-29-47(45)56-48)43-26-11-9-24-41(43)42-25-10-12-27-44(42)52/h1-28,30-33,47H,29H2. The monoisotopic (exact) mass is 717 g/mol. The van der Waals surface area contributed by atoms with E-state index in [1.165, 1.54) is 33.4 Å². The van der Waals surface area contributed by atoms with Crippen LogP contribution in [-0.2, 0) is 5.41 Å². The van der Waals surface area contributed by atoms with Gasteiger partial charge in [-0.2, -0.15) is 0 Å². The number of aromatic nitrogens is 3. The van der Waals surface area contributed by atoms with Crippen molar-refractivity contribution in [1.82, 2.24) is 15.0 Å². The minimum atomic E-state index is -0.466. The first-order valence-electron chi connectivity index (χ1n) is 19.2. The lowest BCUT2D eigenvalue weighted by Gasteiger charge is -2.45. The van der Waals surface area contributed by atoms with Gasteiger partial charge < -0.3 is 4.74 Å². The van der Waals surface area contributed by atoms with E-state index in [4.69, 9.17) is 19.7 Å². The van der Waals surface area contributed by atoms with Crippen molar-refractivity contribution in [3.8, 4) is 73.3 Å². The fourth-order valence-electron chi connectivity index (χ4n) is 9.07. The molecule has 1 atom stereocenters. The van der Waals surface area contributed by atoms with Gasteiger partial charge >= 0.3 is 0 Å². The number of fused-ring (bicyclic) bond motifs is 9. The molecule has 4 nitrogen and oxygen atoms in total. The smallest absolute Gasteiger partial charge is 0.164 e. The first kappa shape index (κ1) is 32.3. The Balaban J connectivity index is 1.07. The van der Waals surface area contributed by atoms with Crippen LogP contribution in [0.5, 0.6) is 5.75 Å². The number of ether oxygens (including phenoxy) is 1. The SMILES string of the molecule is C1=CCC2Oc3ccc(-c4ccccc4-c4cccc(-c5nc(-c6ccccc6)nc(-c6ccccc6)n5)c4)cc3C3(C2=C1)c1ccccc1-c1ccccc13. The highest BCUT2D eigenvalue weighted by Crippen LogP contribution is 2.61. The Bertz CT molecular complexity index is 2770. The van der Waals surface area contributed by atoms with Gasteiger partial charge in [0, 0.05) is 28.7 Å². The summed E-state index contributed by atoms with van der Waals surface area (Å²) < 4.78 is 6.87. The maximum absolute atomic E-state index is 6.87. The van der Waals surface area contributed by atoms with Crippen molar-refractivity contribution in [2.45, 2.75) is 17.9 Å². The zero-order valence-corrected chi connectivity index (χ0v) is 30.5. The van der Waals surface area contributed by atoms with Gasteiger partial charge in [0.15, 0.2) is 17.5 Å². The second-order valence-corrected chi connectivity index (χ2v) is 14.6. The molecular formula is C52H35N3O. The third-order valence-electron chi connectivity index (χ3n) is 11.5. The summed E-state index contributed by atoms with van der Waals surface area (Å²) in [5.74, 6) is 2.86. The van der Waals surface area contributed by atoms with Crippen LogP contribution in [0.15, 0.2) is 200 Å². The molecule has 264 valence electrons.